The van der Waals surface area contributed by atoms with Crippen molar-refractivity contribution >= 4 is 34.7 Å². The second kappa shape index (κ2) is 13.7. The lowest BCUT2D eigenvalue weighted by atomic mass is 9.90. The van der Waals surface area contributed by atoms with Crippen LogP contribution < -0.4 is 21.5 Å². The van der Waals surface area contributed by atoms with Crippen molar-refractivity contribution in [3.63, 3.8) is 0 Å². The molecule has 1 aliphatic rings. The summed E-state index contributed by atoms with van der Waals surface area (Å²) in [4.78, 5) is 44.9. The molecular weight excluding hydrogens is 550 g/mol. The van der Waals surface area contributed by atoms with Crippen LogP contribution in [0, 0.1) is 5.41 Å². The number of amides is 3. The highest BCUT2D eigenvalue weighted by Crippen LogP contribution is 2.24. The van der Waals surface area contributed by atoms with Crippen LogP contribution in [0.5, 0.6) is 0 Å². The lowest BCUT2D eigenvalue weighted by molar-refractivity contribution is -0.152. The molecule has 228 valence electrons. The van der Waals surface area contributed by atoms with Gasteiger partial charge in [-0.15, -0.1) is 0 Å². The van der Waals surface area contributed by atoms with Gasteiger partial charge in [0.25, 0.3) is 11.8 Å². The molecule has 4 rings (SSSR count). The quantitative estimate of drug-likeness (QED) is 0.341. The van der Waals surface area contributed by atoms with Crippen LogP contribution in [0.25, 0.3) is 17.0 Å². The summed E-state index contributed by atoms with van der Waals surface area (Å²) in [6.07, 6.45) is 5.76. The third-order valence-electron chi connectivity index (χ3n) is 7.05. The number of carbonyl (C=O) groups excluding carboxylic acids is 3. The van der Waals surface area contributed by atoms with E-state index in [1.54, 1.807) is 52.2 Å². The maximum Gasteiger partial charge on any atom is 0.268 e. The van der Waals surface area contributed by atoms with Gasteiger partial charge in [-0.2, -0.15) is 5.10 Å². The van der Waals surface area contributed by atoms with Crippen LogP contribution >= 0.6 is 0 Å². The Kier molecular flexibility index (Phi) is 10.1. The number of nitrogens with one attached hydrogen (secondary N) is 4. The van der Waals surface area contributed by atoms with E-state index in [0.29, 0.717) is 11.3 Å². The van der Waals surface area contributed by atoms with Crippen LogP contribution in [0.3, 0.4) is 0 Å². The summed E-state index contributed by atoms with van der Waals surface area (Å²) in [6, 6.07) is 10.4. The minimum absolute atomic E-state index is 0.0539. The van der Waals surface area contributed by atoms with Crippen LogP contribution in [0.4, 0.5) is 0 Å². The van der Waals surface area contributed by atoms with Crippen LogP contribution in [0.15, 0.2) is 66.1 Å². The normalized spacial score (nSPS) is 22.9. The maximum absolute atomic E-state index is 13.4. The number of allylic oxidation sites excluding steroid dienone is 1. The van der Waals surface area contributed by atoms with Gasteiger partial charge in [-0.3, -0.25) is 29.5 Å². The first-order valence-corrected chi connectivity index (χ1v) is 14.0. The zero-order valence-electron chi connectivity index (χ0n) is 25.3. The second-order valence-corrected chi connectivity index (χ2v) is 11.1. The number of pyridine rings is 1. The van der Waals surface area contributed by atoms with Crippen LogP contribution in [-0.4, -0.2) is 58.5 Å². The SMILES string of the molecule is COC1CNNC(=O)[C@@H](Cn2cccn2)NC(=O)C(=C(C)C)NC(=O)C(C)(C)/C=C/c2ccc3ccc(nc3c2)[C@@H](C)O1. The number of benzene rings is 1. The fourth-order valence-electron chi connectivity index (χ4n) is 4.36. The number of ether oxygens (including phenoxy) is 2. The summed E-state index contributed by atoms with van der Waals surface area (Å²) in [5.41, 5.74) is 7.46. The third-order valence-corrected chi connectivity index (χ3v) is 7.05. The van der Waals surface area contributed by atoms with E-state index in [9.17, 15) is 14.4 Å². The number of hydrogen-bond donors (Lipinski definition) is 4. The van der Waals surface area contributed by atoms with Crippen LogP contribution in [0.1, 0.15) is 52.0 Å². The first-order chi connectivity index (χ1) is 20.5. The average Bonchev–Trinajstić information content (AvgIpc) is 3.49. The van der Waals surface area contributed by atoms with Crippen molar-refractivity contribution in [1.29, 1.82) is 0 Å². The second-order valence-electron chi connectivity index (χ2n) is 11.1. The molecule has 43 heavy (non-hydrogen) atoms. The van der Waals surface area contributed by atoms with Crippen molar-refractivity contribution in [2.75, 3.05) is 13.7 Å². The number of nitrogens with zero attached hydrogens (tertiary/aromatic N) is 3. The van der Waals surface area contributed by atoms with Gasteiger partial charge in [0.2, 0.25) is 5.91 Å². The van der Waals surface area contributed by atoms with Crippen molar-refractivity contribution in [1.82, 2.24) is 36.2 Å². The van der Waals surface area contributed by atoms with Gasteiger partial charge < -0.3 is 20.1 Å². The largest absolute Gasteiger partial charge is 0.354 e. The molecule has 2 aromatic heterocycles. The molecule has 0 fully saturated rings. The zero-order valence-corrected chi connectivity index (χ0v) is 25.3. The van der Waals surface area contributed by atoms with Gasteiger partial charge in [0.05, 0.1) is 35.8 Å². The fourth-order valence-corrected chi connectivity index (χ4v) is 4.36. The van der Waals surface area contributed by atoms with E-state index in [1.165, 1.54) is 11.8 Å². The van der Waals surface area contributed by atoms with Crippen molar-refractivity contribution in [2.24, 2.45) is 5.41 Å². The predicted octanol–water partition coefficient (Wildman–Crippen LogP) is 2.75. The van der Waals surface area contributed by atoms with Crippen LogP contribution in [0.2, 0.25) is 0 Å². The standard InChI is InChI=1S/C31H39N7O5/c1-19(2)27-29(40)35-25(18-38-15-7-14-33-38)28(39)37-32-17-26(42-6)43-20(3)23-11-10-22-9-8-21(16-24(22)34-23)12-13-31(4,5)30(41)36-27/h7-16,20,25-26,32H,17-18H2,1-6H3,(H,35,40)(H,36,41)(H,37,39)/b13-12+/t20-,25-,26?/m1/s1. The Morgan fingerprint density at radius 3 is 2.63 bits per heavy atom. The lowest BCUT2D eigenvalue weighted by Crippen LogP contribution is -2.55. The summed E-state index contributed by atoms with van der Waals surface area (Å²) in [5, 5.41) is 10.6. The van der Waals surface area contributed by atoms with Crippen molar-refractivity contribution in [2.45, 2.75) is 59.6 Å². The molecule has 0 saturated heterocycles. The van der Waals surface area contributed by atoms with Gasteiger partial charge in [0.1, 0.15) is 11.7 Å². The van der Waals surface area contributed by atoms with Crippen molar-refractivity contribution in [3.8, 4) is 0 Å². The highest BCUT2D eigenvalue weighted by molar-refractivity contribution is 6.01. The Bertz CT molecular complexity index is 1530. The van der Waals surface area contributed by atoms with E-state index >= 15 is 0 Å². The summed E-state index contributed by atoms with van der Waals surface area (Å²) >= 11 is 0. The molecule has 1 aliphatic heterocycles. The molecule has 3 aromatic rings. The number of aromatic nitrogens is 3. The van der Waals surface area contributed by atoms with Gasteiger partial charge in [-0.25, -0.2) is 5.43 Å². The van der Waals surface area contributed by atoms with E-state index in [2.05, 4.69) is 26.6 Å². The number of hydrazine groups is 1. The molecule has 0 aliphatic carbocycles. The van der Waals surface area contributed by atoms with E-state index in [0.717, 1.165) is 16.5 Å². The molecule has 12 nitrogen and oxygen atoms in total. The molecule has 0 radical (unpaired) electrons. The number of rotatable bonds is 3. The minimum Gasteiger partial charge on any atom is -0.354 e. The Labute approximate surface area is 250 Å². The predicted molar refractivity (Wildman–Crippen MR) is 162 cm³/mol. The molecule has 3 bridgehead atoms. The summed E-state index contributed by atoms with van der Waals surface area (Å²) in [7, 11) is 1.51. The smallest absolute Gasteiger partial charge is 0.268 e. The van der Waals surface area contributed by atoms with Crippen LogP contribution in [-0.2, 0) is 30.4 Å². The van der Waals surface area contributed by atoms with E-state index in [-0.39, 0.29) is 24.7 Å². The Morgan fingerprint density at radius 2 is 1.93 bits per heavy atom. The van der Waals surface area contributed by atoms with E-state index in [4.69, 9.17) is 14.5 Å². The molecule has 1 unspecified atom stereocenters. The molecule has 0 spiro atoms. The summed E-state index contributed by atoms with van der Waals surface area (Å²) in [6.45, 7) is 8.99. The highest BCUT2D eigenvalue weighted by atomic mass is 16.7. The Hall–Kier alpha value is -4.39. The highest BCUT2D eigenvalue weighted by Gasteiger charge is 2.29. The Morgan fingerprint density at radius 1 is 1.16 bits per heavy atom. The van der Waals surface area contributed by atoms with Gasteiger partial charge in [-0.1, -0.05) is 30.4 Å². The lowest BCUT2D eigenvalue weighted by Gasteiger charge is -2.24. The number of hydrogen-bond acceptors (Lipinski definition) is 8. The first-order valence-electron chi connectivity index (χ1n) is 14.0. The maximum atomic E-state index is 13.4. The molecule has 0 saturated carbocycles. The minimum atomic E-state index is -1.03. The van der Waals surface area contributed by atoms with Gasteiger partial charge in [0.15, 0.2) is 6.29 Å². The molecular formula is C31H39N7O5. The van der Waals surface area contributed by atoms with E-state index < -0.39 is 35.7 Å². The van der Waals surface area contributed by atoms with Crippen molar-refractivity contribution < 1.29 is 23.9 Å². The zero-order chi connectivity index (χ0) is 31.1. The fraction of sp³-hybridized carbons (Fsp3) is 0.387. The van der Waals surface area contributed by atoms with Gasteiger partial charge >= 0.3 is 0 Å². The topological polar surface area (TPSA) is 148 Å². The molecule has 12 heteroatoms. The van der Waals surface area contributed by atoms with Gasteiger partial charge in [0, 0.05) is 24.9 Å². The average molecular weight is 590 g/mol. The molecule has 3 heterocycles. The number of fused-ring (bicyclic) bond motifs is 2. The Balaban J connectivity index is 1.69. The molecule has 4 N–H and O–H groups in total. The third kappa shape index (κ3) is 8.13. The summed E-state index contributed by atoms with van der Waals surface area (Å²) < 4.78 is 13.1. The monoisotopic (exact) mass is 589 g/mol. The number of methoxy groups -OCH3 is 1. The molecule has 3 atom stereocenters. The van der Waals surface area contributed by atoms with E-state index in [1.807, 2.05) is 43.3 Å². The van der Waals surface area contributed by atoms with Crippen molar-refractivity contribution in [3.05, 3.63) is 77.4 Å². The molecule has 1 aromatic carbocycles. The summed E-state index contributed by atoms with van der Waals surface area (Å²) in [5.74, 6) is -1.51. The van der Waals surface area contributed by atoms with Gasteiger partial charge in [-0.05, 0) is 64.0 Å². The number of carbonyl (C=O) groups is 3. The first kappa shape index (κ1) is 31.5. The molecule has 3 amide bonds.